The van der Waals surface area contributed by atoms with Crippen LogP contribution in [0.3, 0.4) is 0 Å². The van der Waals surface area contributed by atoms with E-state index in [0.717, 1.165) is 0 Å². The molecule has 0 aliphatic rings. The molecule has 158 valence electrons. The summed E-state index contributed by atoms with van der Waals surface area (Å²) in [6, 6.07) is 11.6. The second-order valence-corrected chi connectivity index (χ2v) is 6.82. The van der Waals surface area contributed by atoms with E-state index in [1.165, 1.54) is 47.0 Å². The number of phenolic OH excluding ortho intramolecular Hbond substituents is 1. The van der Waals surface area contributed by atoms with Crippen LogP contribution in [0.15, 0.2) is 47.1 Å². The molecule has 9 nitrogen and oxygen atoms in total. The van der Waals surface area contributed by atoms with Crippen molar-refractivity contribution in [2.45, 2.75) is 18.9 Å². The molecule has 2 heterocycles. The number of hydrogen-bond donors (Lipinski definition) is 3. The number of rotatable bonds is 7. The van der Waals surface area contributed by atoms with E-state index in [1.54, 1.807) is 0 Å². The molecule has 0 fully saturated rings. The SMILES string of the molecule is N#CCCNc1nonc1-c1nc2cc(O)ccc2n1CC(F)(F)c1ccc(N)cc1. The van der Waals surface area contributed by atoms with Crippen LogP contribution in [0.2, 0.25) is 0 Å². The number of anilines is 2. The van der Waals surface area contributed by atoms with Crippen molar-refractivity contribution in [3.05, 3.63) is 48.0 Å². The molecule has 4 aromatic rings. The zero-order valence-corrected chi connectivity index (χ0v) is 16.1. The molecular formula is C20H17F2N7O2. The highest BCUT2D eigenvalue weighted by Crippen LogP contribution is 2.36. The number of nitriles is 1. The molecule has 4 N–H and O–H groups in total. The number of benzene rings is 2. The molecule has 0 unspecified atom stereocenters. The first-order chi connectivity index (χ1) is 14.9. The van der Waals surface area contributed by atoms with Crippen molar-refractivity contribution in [1.29, 1.82) is 5.26 Å². The fourth-order valence-electron chi connectivity index (χ4n) is 3.16. The van der Waals surface area contributed by atoms with Gasteiger partial charge in [0, 0.05) is 23.9 Å². The summed E-state index contributed by atoms with van der Waals surface area (Å²) in [5.74, 6) is -3.07. The van der Waals surface area contributed by atoms with Crippen molar-refractivity contribution >= 4 is 22.5 Å². The number of aromatic nitrogens is 4. The van der Waals surface area contributed by atoms with Crippen LogP contribution in [-0.4, -0.2) is 31.5 Å². The molecule has 2 aromatic heterocycles. The van der Waals surface area contributed by atoms with Crippen LogP contribution < -0.4 is 11.1 Å². The summed E-state index contributed by atoms with van der Waals surface area (Å²) in [6.45, 7) is -0.488. The Kier molecular flexibility index (Phi) is 5.12. The number of halogens is 2. The number of nitrogens with two attached hydrogens (primary N) is 1. The first kappa shape index (κ1) is 20.1. The first-order valence-electron chi connectivity index (χ1n) is 9.26. The summed E-state index contributed by atoms with van der Waals surface area (Å²) < 4.78 is 36.4. The molecule has 2 aromatic carbocycles. The van der Waals surface area contributed by atoms with Gasteiger partial charge < -0.3 is 20.7 Å². The topological polar surface area (TPSA) is 139 Å². The molecule has 0 bridgehead atoms. The van der Waals surface area contributed by atoms with Crippen molar-refractivity contribution in [2.24, 2.45) is 0 Å². The Morgan fingerprint density at radius 2 is 1.97 bits per heavy atom. The summed E-state index contributed by atoms with van der Waals surface area (Å²) in [5, 5.41) is 29.0. The quantitative estimate of drug-likeness (QED) is 0.302. The second kappa shape index (κ2) is 7.91. The standard InChI is InChI=1S/C20H17F2N7O2/c21-20(22,12-2-4-13(24)5-3-12)11-29-16-7-6-14(30)10-15(16)26-19(29)17-18(28-31-27-17)25-9-1-8-23/h2-7,10,30H,1,9,11,24H2,(H,25,28). The number of alkyl halides is 2. The third kappa shape index (κ3) is 3.95. The van der Waals surface area contributed by atoms with E-state index < -0.39 is 12.5 Å². The normalized spacial score (nSPS) is 11.5. The highest BCUT2D eigenvalue weighted by Gasteiger charge is 2.35. The van der Waals surface area contributed by atoms with E-state index in [2.05, 4.69) is 20.6 Å². The number of nitrogens with one attached hydrogen (secondary N) is 1. The van der Waals surface area contributed by atoms with Gasteiger partial charge in [-0.05, 0) is 34.6 Å². The van der Waals surface area contributed by atoms with Crippen LogP contribution in [0.25, 0.3) is 22.6 Å². The molecule has 0 spiro atoms. The van der Waals surface area contributed by atoms with Gasteiger partial charge in [0.25, 0.3) is 5.92 Å². The maximum absolute atomic E-state index is 15.2. The summed E-state index contributed by atoms with van der Waals surface area (Å²) in [7, 11) is 0. The van der Waals surface area contributed by atoms with Crippen LogP contribution in [-0.2, 0) is 12.5 Å². The van der Waals surface area contributed by atoms with Crippen LogP contribution in [0.5, 0.6) is 5.75 Å². The zero-order chi connectivity index (χ0) is 22.0. The van der Waals surface area contributed by atoms with Gasteiger partial charge in [0.15, 0.2) is 11.5 Å². The van der Waals surface area contributed by atoms with Gasteiger partial charge in [-0.3, -0.25) is 0 Å². The minimum Gasteiger partial charge on any atom is -0.508 e. The summed E-state index contributed by atoms with van der Waals surface area (Å²) >= 11 is 0. The largest absolute Gasteiger partial charge is 0.508 e. The summed E-state index contributed by atoms with van der Waals surface area (Å²) in [6.07, 6.45) is 0.200. The van der Waals surface area contributed by atoms with E-state index in [1.807, 2.05) is 6.07 Å². The maximum atomic E-state index is 15.2. The maximum Gasteiger partial charge on any atom is 0.290 e. The van der Waals surface area contributed by atoms with Crippen molar-refractivity contribution < 1.29 is 18.5 Å². The number of nitrogens with zero attached hydrogens (tertiary/aromatic N) is 5. The van der Waals surface area contributed by atoms with E-state index >= 15 is 8.78 Å². The Bertz CT molecular complexity index is 1260. The van der Waals surface area contributed by atoms with Crippen molar-refractivity contribution in [3.63, 3.8) is 0 Å². The lowest BCUT2D eigenvalue weighted by Gasteiger charge is -2.19. The number of hydrogen-bond acceptors (Lipinski definition) is 8. The number of aromatic hydroxyl groups is 1. The Labute approximate surface area is 174 Å². The molecule has 0 aliphatic heterocycles. The number of phenols is 1. The molecule has 0 saturated carbocycles. The molecular weight excluding hydrogens is 408 g/mol. The van der Waals surface area contributed by atoms with Gasteiger partial charge in [0.2, 0.25) is 5.82 Å². The van der Waals surface area contributed by atoms with Gasteiger partial charge in [-0.1, -0.05) is 12.1 Å². The van der Waals surface area contributed by atoms with Crippen LogP contribution in [0, 0.1) is 11.3 Å². The summed E-state index contributed by atoms with van der Waals surface area (Å²) in [5.41, 5.74) is 6.57. The molecule has 11 heteroatoms. The Hall–Kier alpha value is -4.20. The first-order valence-corrected chi connectivity index (χ1v) is 9.26. The Balaban J connectivity index is 1.80. The van der Waals surface area contributed by atoms with E-state index in [0.29, 0.717) is 16.7 Å². The van der Waals surface area contributed by atoms with Crippen LogP contribution >= 0.6 is 0 Å². The minimum atomic E-state index is -3.26. The van der Waals surface area contributed by atoms with E-state index in [4.69, 9.17) is 15.6 Å². The lowest BCUT2D eigenvalue weighted by Crippen LogP contribution is -2.22. The molecule has 0 aliphatic carbocycles. The third-order valence-corrected chi connectivity index (χ3v) is 4.65. The fourth-order valence-corrected chi connectivity index (χ4v) is 3.16. The second-order valence-electron chi connectivity index (χ2n) is 6.82. The van der Waals surface area contributed by atoms with Gasteiger partial charge in [0.05, 0.1) is 30.1 Å². The van der Waals surface area contributed by atoms with Crippen LogP contribution in [0.4, 0.5) is 20.3 Å². The van der Waals surface area contributed by atoms with Gasteiger partial charge in [-0.25, -0.2) is 9.61 Å². The molecule has 0 atom stereocenters. The fraction of sp³-hybridized carbons (Fsp3) is 0.200. The van der Waals surface area contributed by atoms with Gasteiger partial charge in [-0.2, -0.15) is 14.0 Å². The van der Waals surface area contributed by atoms with Gasteiger partial charge >= 0.3 is 0 Å². The average Bonchev–Trinajstić information content (AvgIpc) is 3.32. The Morgan fingerprint density at radius 1 is 1.19 bits per heavy atom. The van der Waals surface area contributed by atoms with Crippen molar-refractivity contribution in [1.82, 2.24) is 19.9 Å². The molecule has 0 saturated heterocycles. The lowest BCUT2D eigenvalue weighted by molar-refractivity contribution is -0.0208. The van der Waals surface area contributed by atoms with Gasteiger partial charge in [-0.15, -0.1) is 0 Å². The summed E-state index contributed by atoms with van der Waals surface area (Å²) in [4.78, 5) is 4.38. The van der Waals surface area contributed by atoms with Crippen molar-refractivity contribution in [2.75, 3.05) is 17.6 Å². The highest BCUT2D eigenvalue weighted by molar-refractivity contribution is 5.83. The minimum absolute atomic E-state index is 0.0559. The molecule has 0 amide bonds. The predicted molar refractivity (Wildman–Crippen MR) is 108 cm³/mol. The van der Waals surface area contributed by atoms with E-state index in [-0.39, 0.29) is 41.6 Å². The predicted octanol–water partition coefficient (Wildman–Crippen LogP) is 3.49. The Morgan fingerprint density at radius 3 is 2.71 bits per heavy atom. The lowest BCUT2D eigenvalue weighted by atomic mass is 10.1. The smallest absolute Gasteiger partial charge is 0.290 e. The molecule has 31 heavy (non-hydrogen) atoms. The third-order valence-electron chi connectivity index (χ3n) is 4.65. The van der Waals surface area contributed by atoms with Crippen LogP contribution in [0.1, 0.15) is 12.0 Å². The van der Waals surface area contributed by atoms with E-state index in [9.17, 15) is 5.11 Å². The highest BCUT2D eigenvalue weighted by atomic mass is 19.3. The molecule has 0 radical (unpaired) electrons. The van der Waals surface area contributed by atoms with Crippen molar-refractivity contribution in [3.8, 4) is 23.3 Å². The van der Waals surface area contributed by atoms with Gasteiger partial charge in [0.1, 0.15) is 5.75 Å². The number of nitrogen functional groups attached to an aromatic ring is 1. The number of fused-ring (bicyclic) bond motifs is 1. The zero-order valence-electron chi connectivity index (χ0n) is 16.1. The average molecular weight is 425 g/mol. The monoisotopic (exact) mass is 425 g/mol. The molecule has 4 rings (SSSR count). The number of imidazole rings is 1.